The Bertz CT molecular complexity index is 1230. The molecule has 0 spiro atoms. The second-order valence-corrected chi connectivity index (χ2v) is 9.33. The Hall–Kier alpha value is -3.68. The average molecular weight is 520 g/mol. The average Bonchev–Trinajstić information content (AvgIpc) is 2.92. The second kappa shape index (κ2) is 13.0. The summed E-state index contributed by atoms with van der Waals surface area (Å²) < 4.78 is 5.68. The van der Waals surface area contributed by atoms with E-state index in [4.69, 9.17) is 16.3 Å². The van der Waals surface area contributed by atoms with Crippen molar-refractivity contribution in [3.63, 3.8) is 0 Å². The topological polar surface area (TPSA) is 87.7 Å². The Labute approximate surface area is 221 Å². The predicted molar refractivity (Wildman–Crippen MR) is 145 cm³/mol. The third-order valence-electron chi connectivity index (χ3n) is 6.36. The Morgan fingerprint density at radius 2 is 1.65 bits per heavy atom. The van der Waals surface area contributed by atoms with Crippen molar-refractivity contribution in [2.24, 2.45) is 0 Å². The predicted octanol–water partition coefficient (Wildman–Crippen LogP) is 5.45. The van der Waals surface area contributed by atoms with E-state index in [9.17, 15) is 14.4 Å². The zero-order chi connectivity index (χ0) is 26.0. The van der Waals surface area contributed by atoms with Gasteiger partial charge in [-0.3, -0.25) is 14.9 Å². The number of carbonyl (C=O) groups is 3. The first-order valence-corrected chi connectivity index (χ1v) is 12.8. The molecule has 4 rings (SSSR count). The van der Waals surface area contributed by atoms with Crippen LogP contribution >= 0.6 is 11.6 Å². The molecule has 0 radical (unpaired) electrons. The summed E-state index contributed by atoms with van der Waals surface area (Å²) >= 11 is 5.51. The lowest BCUT2D eigenvalue weighted by Crippen LogP contribution is -2.40. The highest BCUT2D eigenvalue weighted by atomic mass is 35.5. The number of anilines is 1. The van der Waals surface area contributed by atoms with Gasteiger partial charge < -0.3 is 15.0 Å². The lowest BCUT2D eigenvalue weighted by Gasteiger charge is -2.31. The zero-order valence-corrected chi connectivity index (χ0v) is 21.2. The minimum absolute atomic E-state index is 0.0579. The van der Waals surface area contributed by atoms with Crippen LogP contribution in [0.4, 0.5) is 10.5 Å². The summed E-state index contributed by atoms with van der Waals surface area (Å²) in [6.45, 7) is 2.49. The standard InChI is InChI=1S/C29H30ClN3O4/c30-28(35)23-10-6-7-21(19-23)20-31-27(34)15-18-33-16-13-24(14-17-33)37-29(36)32-26-12-5-4-11-25(26)22-8-2-1-3-9-22/h1-12,19,24H,13-18,20H2,(H,31,34)(H,32,36). The van der Waals surface area contributed by atoms with Gasteiger partial charge in [-0.25, -0.2) is 4.79 Å². The number of rotatable bonds is 9. The van der Waals surface area contributed by atoms with Crippen LogP contribution in [0, 0.1) is 0 Å². The first kappa shape index (κ1) is 26.4. The van der Waals surface area contributed by atoms with E-state index in [1.807, 2.05) is 60.7 Å². The molecule has 2 amide bonds. The maximum atomic E-state index is 12.6. The van der Waals surface area contributed by atoms with E-state index >= 15 is 0 Å². The van der Waals surface area contributed by atoms with E-state index in [1.165, 1.54) is 0 Å². The van der Waals surface area contributed by atoms with E-state index < -0.39 is 11.3 Å². The van der Waals surface area contributed by atoms with Crippen LogP contribution in [-0.2, 0) is 16.1 Å². The number of ether oxygens (including phenoxy) is 1. The second-order valence-electron chi connectivity index (χ2n) is 8.98. The van der Waals surface area contributed by atoms with Gasteiger partial charge in [0.25, 0.3) is 5.24 Å². The van der Waals surface area contributed by atoms with Crippen molar-refractivity contribution in [2.45, 2.75) is 31.9 Å². The van der Waals surface area contributed by atoms with Gasteiger partial charge >= 0.3 is 6.09 Å². The summed E-state index contributed by atoms with van der Waals surface area (Å²) in [4.78, 5) is 38.4. The number of carbonyl (C=O) groups excluding carboxylic acids is 3. The third-order valence-corrected chi connectivity index (χ3v) is 6.57. The van der Waals surface area contributed by atoms with E-state index in [0.717, 1.165) is 29.8 Å². The van der Waals surface area contributed by atoms with Gasteiger partial charge in [0, 0.05) is 43.7 Å². The van der Waals surface area contributed by atoms with Crippen LogP contribution in [0.2, 0.25) is 0 Å². The van der Waals surface area contributed by atoms with Crippen LogP contribution in [0.3, 0.4) is 0 Å². The fraction of sp³-hybridized carbons (Fsp3) is 0.276. The van der Waals surface area contributed by atoms with E-state index in [0.29, 0.717) is 43.6 Å². The third kappa shape index (κ3) is 7.90. The number of halogens is 1. The van der Waals surface area contributed by atoms with Crippen LogP contribution in [-0.4, -0.2) is 47.9 Å². The van der Waals surface area contributed by atoms with E-state index in [1.54, 1.807) is 18.2 Å². The Balaban J connectivity index is 1.17. The minimum Gasteiger partial charge on any atom is -0.446 e. The number of hydrogen-bond acceptors (Lipinski definition) is 5. The van der Waals surface area contributed by atoms with Gasteiger partial charge in [0.1, 0.15) is 6.10 Å². The number of benzene rings is 3. The molecule has 1 fully saturated rings. The Morgan fingerprint density at radius 1 is 0.919 bits per heavy atom. The largest absolute Gasteiger partial charge is 0.446 e. The summed E-state index contributed by atoms with van der Waals surface area (Å²) in [6, 6.07) is 24.4. The van der Waals surface area contributed by atoms with Crippen LogP contribution in [0.25, 0.3) is 11.1 Å². The molecule has 8 heteroatoms. The van der Waals surface area contributed by atoms with Gasteiger partial charge in [-0.1, -0.05) is 66.7 Å². The van der Waals surface area contributed by atoms with Gasteiger partial charge in [0.15, 0.2) is 0 Å². The Morgan fingerprint density at radius 3 is 2.41 bits per heavy atom. The monoisotopic (exact) mass is 519 g/mol. The minimum atomic E-state index is -0.518. The normalized spacial score (nSPS) is 14.1. The highest BCUT2D eigenvalue weighted by molar-refractivity contribution is 6.67. The smallest absolute Gasteiger partial charge is 0.411 e. The highest BCUT2D eigenvalue weighted by Gasteiger charge is 2.23. The molecule has 0 unspecified atom stereocenters. The SMILES string of the molecule is O=C(CCN1CCC(OC(=O)Nc2ccccc2-c2ccccc2)CC1)NCc1cccc(C(=O)Cl)c1. The van der Waals surface area contributed by atoms with Gasteiger partial charge in [-0.05, 0) is 47.7 Å². The van der Waals surface area contributed by atoms with Gasteiger partial charge in [-0.15, -0.1) is 0 Å². The molecule has 3 aromatic carbocycles. The number of likely N-dealkylation sites (tertiary alicyclic amines) is 1. The van der Waals surface area contributed by atoms with Crippen LogP contribution in [0.5, 0.6) is 0 Å². The molecule has 0 atom stereocenters. The summed E-state index contributed by atoms with van der Waals surface area (Å²) in [5.41, 5.74) is 3.90. The van der Waals surface area contributed by atoms with Gasteiger partial charge in [-0.2, -0.15) is 0 Å². The molecule has 192 valence electrons. The molecule has 0 aliphatic carbocycles. The fourth-order valence-electron chi connectivity index (χ4n) is 4.36. The van der Waals surface area contributed by atoms with Crippen LogP contribution in [0.1, 0.15) is 35.2 Å². The lowest BCUT2D eigenvalue weighted by molar-refractivity contribution is -0.121. The Kier molecular flexibility index (Phi) is 9.29. The molecule has 0 saturated carbocycles. The molecule has 0 bridgehead atoms. The number of nitrogens with one attached hydrogen (secondary N) is 2. The molecule has 3 aromatic rings. The first-order valence-electron chi connectivity index (χ1n) is 12.4. The molecule has 1 heterocycles. The fourth-order valence-corrected chi connectivity index (χ4v) is 4.47. The first-order chi connectivity index (χ1) is 18.0. The molecule has 37 heavy (non-hydrogen) atoms. The molecule has 1 aliphatic heterocycles. The van der Waals surface area contributed by atoms with E-state index in [-0.39, 0.29) is 12.0 Å². The summed E-state index contributed by atoms with van der Waals surface area (Å²) in [6.07, 6.45) is 1.19. The molecular formula is C29H30ClN3O4. The molecule has 7 nitrogen and oxygen atoms in total. The number of hydrogen-bond donors (Lipinski definition) is 2. The van der Waals surface area contributed by atoms with Crippen LogP contribution < -0.4 is 10.6 Å². The lowest BCUT2D eigenvalue weighted by atomic mass is 10.0. The quantitative estimate of drug-likeness (QED) is 0.367. The van der Waals surface area contributed by atoms with Crippen molar-refractivity contribution in [3.8, 4) is 11.1 Å². The summed E-state index contributed by atoms with van der Waals surface area (Å²) in [5.74, 6) is -0.0579. The van der Waals surface area contributed by atoms with Crippen molar-refractivity contribution >= 4 is 34.5 Å². The van der Waals surface area contributed by atoms with Crippen molar-refractivity contribution in [1.82, 2.24) is 10.2 Å². The summed E-state index contributed by atoms with van der Waals surface area (Å²) in [7, 11) is 0. The van der Waals surface area contributed by atoms with Crippen molar-refractivity contribution < 1.29 is 19.1 Å². The molecular weight excluding hydrogens is 490 g/mol. The van der Waals surface area contributed by atoms with Crippen LogP contribution in [0.15, 0.2) is 78.9 Å². The molecule has 0 aromatic heterocycles. The number of piperidine rings is 1. The van der Waals surface area contributed by atoms with Crippen molar-refractivity contribution in [1.29, 1.82) is 0 Å². The maximum Gasteiger partial charge on any atom is 0.411 e. The van der Waals surface area contributed by atoms with Crippen molar-refractivity contribution in [2.75, 3.05) is 25.0 Å². The molecule has 1 aliphatic rings. The zero-order valence-electron chi connectivity index (χ0n) is 20.5. The summed E-state index contributed by atoms with van der Waals surface area (Å²) in [5, 5.41) is 5.25. The highest BCUT2D eigenvalue weighted by Crippen LogP contribution is 2.28. The number of nitrogens with zero attached hydrogens (tertiary/aromatic N) is 1. The number of para-hydroxylation sites is 1. The molecule has 1 saturated heterocycles. The maximum absolute atomic E-state index is 12.6. The van der Waals surface area contributed by atoms with Gasteiger partial charge in [0.2, 0.25) is 5.91 Å². The van der Waals surface area contributed by atoms with E-state index in [2.05, 4.69) is 15.5 Å². The number of amides is 2. The van der Waals surface area contributed by atoms with Gasteiger partial charge in [0.05, 0.1) is 5.69 Å². The molecule has 2 N–H and O–H groups in total. The van der Waals surface area contributed by atoms with Crippen molar-refractivity contribution in [3.05, 3.63) is 90.0 Å².